The number of sulfonamides is 1. The van der Waals surface area contributed by atoms with Crippen molar-refractivity contribution in [3.8, 4) is 17.0 Å². The first-order valence-corrected chi connectivity index (χ1v) is 9.80. The van der Waals surface area contributed by atoms with Gasteiger partial charge in [-0.05, 0) is 36.4 Å². The maximum Gasteiger partial charge on any atom is 0.237 e. The molecule has 0 spiro atoms. The van der Waals surface area contributed by atoms with Gasteiger partial charge in [0.05, 0.1) is 5.69 Å². The van der Waals surface area contributed by atoms with Crippen molar-refractivity contribution in [3.05, 3.63) is 60.0 Å². The van der Waals surface area contributed by atoms with Gasteiger partial charge in [-0.15, -0.1) is 11.3 Å². The number of nitrogens with one attached hydrogen (secondary N) is 1. The first-order valence-electron chi connectivity index (χ1n) is 7.27. The summed E-state index contributed by atoms with van der Waals surface area (Å²) in [5, 5.41) is 2.03. The van der Waals surface area contributed by atoms with Crippen LogP contribution in [0.4, 0.5) is 9.52 Å². The summed E-state index contributed by atoms with van der Waals surface area (Å²) in [5.41, 5.74) is 1.46. The van der Waals surface area contributed by atoms with Crippen molar-refractivity contribution in [2.24, 2.45) is 0 Å². The summed E-state index contributed by atoms with van der Waals surface area (Å²) in [6, 6.07) is 9.00. The molecule has 0 unspecified atom stereocenters. The highest BCUT2D eigenvalue weighted by Crippen LogP contribution is 2.24. The smallest absolute Gasteiger partial charge is 0.237 e. The summed E-state index contributed by atoms with van der Waals surface area (Å²) in [5.74, 6) is -0.217. The molecule has 3 rings (SSSR count). The maximum atomic E-state index is 12.8. The van der Waals surface area contributed by atoms with Crippen molar-refractivity contribution < 1.29 is 17.5 Å². The third-order valence-electron chi connectivity index (χ3n) is 3.14. The molecule has 130 valence electrons. The first kappa shape index (κ1) is 17.3. The summed E-state index contributed by atoms with van der Waals surface area (Å²) in [6.07, 6.45) is 3.31. The molecule has 0 fully saturated rings. The van der Waals surface area contributed by atoms with E-state index in [0.717, 1.165) is 5.56 Å². The van der Waals surface area contributed by atoms with E-state index < -0.39 is 10.0 Å². The van der Waals surface area contributed by atoms with Crippen molar-refractivity contribution >= 4 is 26.5 Å². The van der Waals surface area contributed by atoms with Crippen LogP contribution in [0.1, 0.15) is 0 Å². The number of nitrogens with zero attached hydrogens (tertiary/aromatic N) is 2. The number of hydrogen-bond acceptors (Lipinski definition) is 6. The highest BCUT2D eigenvalue weighted by molar-refractivity contribution is 7.92. The first-order chi connectivity index (χ1) is 12.0. The van der Waals surface area contributed by atoms with E-state index >= 15 is 0 Å². The molecule has 0 bridgehead atoms. The van der Waals surface area contributed by atoms with Gasteiger partial charge in [0.15, 0.2) is 5.13 Å². The number of benzene rings is 1. The van der Waals surface area contributed by atoms with Crippen LogP contribution < -0.4 is 9.46 Å². The van der Waals surface area contributed by atoms with Gasteiger partial charge in [-0.2, -0.15) is 0 Å². The Hall–Kier alpha value is -2.52. The van der Waals surface area contributed by atoms with E-state index in [-0.39, 0.29) is 23.3 Å². The molecule has 0 saturated carbocycles. The second kappa shape index (κ2) is 7.58. The lowest BCUT2D eigenvalue weighted by Gasteiger charge is -2.07. The van der Waals surface area contributed by atoms with Crippen LogP contribution in [0.5, 0.6) is 5.75 Å². The molecule has 25 heavy (non-hydrogen) atoms. The van der Waals surface area contributed by atoms with Crippen molar-refractivity contribution in [3.63, 3.8) is 0 Å². The maximum absolute atomic E-state index is 12.8. The van der Waals surface area contributed by atoms with Crippen molar-refractivity contribution in [1.29, 1.82) is 0 Å². The molecule has 6 nitrogen and oxygen atoms in total. The summed E-state index contributed by atoms with van der Waals surface area (Å²) in [6.45, 7) is -0.0538. The lowest BCUT2D eigenvalue weighted by molar-refractivity contribution is 0.340. The van der Waals surface area contributed by atoms with Gasteiger partial charge < -0.3 is 4.74 Å². The van der Waals surface area contributed by atoms with Gasteiger partial charge in [0, 0.05) is 23.3 Å². The van der Waals surface area contributed by atoms with Gasteiger partial charge in [0.2, 0.25) is 10.0 Å². The number of ether oxygens (including phenoxy) is 1. The third kappa shape index (κ3) is 4.97. The molecular weight excluding hydrogens is 365 g/mol. The molecule has 0 aliphatic heterocycles. The molecule has 0 aliphatic carbocycles. The lowest BCUT2D eigenvalue weighted by Crippen LogP contribution is -2.21. The Labute approximate surface area is 148 Å². The number of anilines is 1. The second-order valence-corrected chi connectivity index (χ2v) is 7.70. The van der Waals surface area contributed by atoms with Crippen LogP contribution in [0, 0.1) is 5.82 Å². The summed E-state index contributed by atoms with van der Waals surface area (Å²) >= 11 is 1.19. The van der Waals surface area contributed by atoms with Gasteiger partial charge >= 0.3 is 0 Å². The Morgan fingerprint density at radius 1 is 1.20 bits per heavy atom. The molecular formula is C16H14FN3O3S2. The van der Waals surface area contributed by atoms with Gasteiger partial charge in [-0.1, -0.05) is 0 Å². The van der Waals surface area contributed by atoms with Crippen LogP contribution in [0.3, 0.4) is 0 Å². The van der Waals surface area contributed by atoms with E-state index in [9.17, 15) is 12.8 Å². The minimum Gasteiger partial charge on any atom is -0.492 e. The Morgan fingerprint density at radius 3 is 2.72 bits per heavy atom. The van der Waals surface area contributed by atoms with Gasteiger partial charge in [0.1, 0.15) is 23.9 Å². The molecule has 2 aromatic heterocycles. The lowest BCUT2D eigenvalue weighted by atomic mass is 10.2. The molecule has 0 aliphatic rings. The number of pyridine rings is 1. The molecule has 1 N–H and O–H groups in total. The topological polar surface area (TPSA) is 81.2 Å². The zero-order valence-electron chi connectivity index (χ0n) is 12.9. The Morgan fingerprint density at radius 2 is 2.00 bits per heavy atom. The van der Waals surface area contributed by atoms with E-state index in [1.165, 1.54) is 35.6 Å². The average molecular weight is 379 g/mol. The second-order valence-electron chi connectivity index (χ2n) is 5.00. The molecule has 2 heterocycles. The van der Waals surface area contributed by atoms with Crippen LogP contribution in [0.25, 0.3) is 11.3 Å². The SMILES string of the molecule is O=S(=O)(CCOc1ccc(F)cc1)Nc1nc(-c2cccnc2)cs1. The van der Waals surface area contributed by atoms with E-state index in [1.807, 2.05) is 6.07 Å². The Bertz CT molecular complexity index is 929. The van der Waals surface area contributed by atoms with Crippen LogP contribution >= 0.6 is 11.3 Å². The highest BCUT2D eigenvalue weighted by Gasteiger charge is 2.14. The number of aromatic nitrogens is 2. The molecule has 0 radical (unpaired) electrons. The van der Waals surface area contributed by atoms with E-state index in [0.29, 0.717) is 11.4 Å². The Kier molecular flexibility index (Phi) is 5.25. The Balaban J connectivity index is 1.56. The summed E-state index contributed by atoms with van der Waals surface area (Å²) in [7, 11) is -3.60. The van der Waals surface area contributed by atoms with Crippen LogP contribution in [0.2, 0.25) is 0 Å². The number of thiazole rings is 1. The minimum atomic E-state index is -3.60. The molecule has 3 aromatic rings. The monoisotopic (exact) mass is 379 g/mol. The average Bonchev–Trinajstić information content (AvgIpc) is 3.05. The van der Waals surface area contributed by atoms with Gasteiger partial charge in [0.25, 0.3) is 0 Å². The van der Waals surface area contributed by atoms with Crippen LogP contribution in [-0.2, 0) is 10.0 Å². The van der Waals surface area contributed by atoms with Gasteiger partial charge in [-0.25, -0.2) is 17.8 Å². The molecule has 9 heteroatoms. The predicted octanol–water partition coefficient (Wildman–Crippen LogP) is 3.16. The molecule has 0 saturated heterocycles. The molecule has 0 amide bonds. The fraction of sp³-hybridized carbons (Fsp3) is 0.125. The number of halogens is 1. The van der Waals surface area contributed by atoms with Crippen LogP contribution in [-0.4, -0.2) is 30.7 Å². The zero-order chi connectivity index (χ0) is 17.7. The number of rotatable bonds is 7. The molecule has 1 aromatic carbocycles. The largest absolute Gasteiger partial charge is 0.492 e. The summed E-state index contributed by atoms with van der Waals surface area (Å²) < 4.78 is 44.7. The van der Waals surface area contributed by atoms with E-state index in [4.69, 9.17) is 4.74 Å². The van der Waals surface area contributed by atoms with Crippen molar-refractivity contribution in [1.82, 2.24) is 9.97 Å². The van der Waals surface area contributed by atoms with Crippen molar-refractivity contribution in [2.75, 3.05) is 17.1 Å². The van der Waals surface area contributed by atoms with E-state index in [1.54, 1.807) is 23.8 Å². The third-order valence-corrected chi connectivity index (χ3v) is 5.23. The molecule has 0 atom stereocenters. The minimum absolute atomic E-state index is 0.0538. The fourth-order valence-electron chi connectivity index (χ4n) is 1.95. The van der Waals surface area contributed by atoms with Gasteiger partial charge in [-0.3, -0.25) is 9.71 Å². The van der Waals surface area contributed by atoms with E-state index in [2.05, 4.69) is 14.7 Å². The predicted molar refractivity (Wildman–Crippen MR) is 94.6 cm³/mol. The van der Waals surface area contributed by atoms with Crippen LogP contribution in [0.15, 0.2) is 54.2 Å². The standard InChI is InChI=1S/C16H14FN3O3S2/c17-13-3-5-14(6-4-13)23-8-9-25(21,22)20-16-19-15(11-24-16)12-2-1-7-18-10-12/h1-7,10-11H,8-9H2,(H,19,20). The zero-order valence-corrected chi connectivity index (χ0v) is 14.6. The van der Waals surface area contributed by atoms with Crippen molar-refractivity contribution in [2.45, 2.75) is 0 Å². The normalized spacial score (nSPS) is 11.2. The number of hydrogen-bond donors (Lipinski definition) is 1. The summed E-state index contributed by atoms with van der Waals surface area (Å²) in [4.78, 5) is 8.25. The highest BCUT2D eigenvalue weighted by atomic mass is 32.2. The fourth-order valence-corrected chi connectivity index (χ4v) is 3.80. The quantitative estimate of drug-likeness (QED) is 0.682.